The van der Waals surface area contributed by atoms with E-state index < -0.39 is 12.0 Å². The van der Waals surface area contributed by atoms with Crippen LogP contribution in [0, 0.1) is 5.41 Å². The van der Waals surface area contributed by atoms with Gasteiger partial charge in [0.1, 0.15) is 0 Å². The Labute approximate surface area is 175 Å². The molecule has 2 N–H and O–H groups in total. The number of aromatic carboxylic acids is 1. The Balaban J connectivity index is 1.82. The molecule has 0 spiro atoms. The smallest absolute Gasteiger partial charge is 0.336 e. The van der Waals surface area contributed by atoms with Gasteiger partial charge in [0.25, 0.3) is 0 Å². The van der Waals surface area contributed by atoms with Crippen LogP contribution in [0.15, 0.2) is 66.2 Å². The van der Waals surface area contributed by atoms with Crippen molar-refractivity contribution in [3.8, 4) is 0 Å². The molecule has 4 heteroatoms. The van der Waals surface area contributed by atoms with Crippen molar-refractivity contribution in [1.29, 1.82) is 0 Å². The minimum atomic E-state index is -0.984. The second-order valence-corrected chi connectivity index (χ2v) is 9.01. The highest BCUT2D eigenvalue weighted by Gasteiger charge is 2.41. The van der Waals surface area contributed by atoms with E-state index in [-0.39, 0.29) is 16.8 Å². The number of ketones is 1. The molecule has 0 aromatic heterocycles. The third-order valence-corrected chi connectivity index (χ3v) is 6.24. The van der Waals surface area contributed by atoms with Crippen molar-refractivity contribution in [3.63, 3.8) is 0 Å². The van der Waals surface area contributed by atoms with Crippen LogP contribution in [0.3, 0.4) is 0 Å². The number of hydrogen-bond donors (Lipinski definition) is 2. The molecule has 1 heterocycles. The first-order valence-corrected chi connectivity index (χ1v) is 10.2. The van der Waals surface area contributed by atoms with Crippen LogP contribution >= 0.6 is 0 Å². The Morgan fingerprint density at radius 1 is 1.00 bits per heavy atom. The monoisotopic (exact) mass is 397 g/mol. The third-order valence-electron chi connectivity index (χ3n) is 6.24. The lowest BCUT2D eigenvalue weighted by atomic mass is 9.67. The fraction of sp³-hybridized carbons (Fsp3) is 0.231. The average molecular weight is 397 g/mol. The molecule has 2 aliphatic rings. The fourth-order valence-electron chi connectivity index (χ4n) is 5.01. The van der Waals surface area contributed by atoms with Gasteiger partial charge >= 0.3 is 5.97 Å². The van der Waals surface area contributed by atoms with Gasteiger partial charge in [-0.05, 0) is 45.9 Å². The number of fused-ring (bicyclic) bond motifs is 4. The van der Waals surface area contributed by atoms with Crippen LogP contribution in [-0.4, -0.2) is 16.9 Å². The lowest BCUT2D eigenvalue weighted by molar-refractivity contribution is -0.118. The highest BCUT2D eigenvalue weighted by atomic mass is 16.4. The molecule has 0 saturated carbocycles. The summed E-state index contributed by atoms with van der Waals surface area (Å²) in [5.41, 5.74) is 4.50. The van der Waals surface area contributed by atoms with Crippen molar-refractivity contribution in [2.75, 3.05) is 5.32 Å². The Morgan fingerprint density at radius 2 is 1.73 bits per heavy atom. The zero-order valence-electron chi connectivity index (χ0n) is 17.0. The van der Waals surface area contributed by atoms with Crippen molar-refractivity contribution in [1.82, 2.24) is 0 Å². The zero-order chi connectivity index (χ0) is 21.0. The SMILES string of the molecule is CC1(C)CC(=O)C2=C(C1)c1c(ccc3ccccc13)NC2c1ccccc1C(=O)O. The molecule has 30 heavy (non-hydrogen) atoms. The first-order valence-electron chi connectivity index (χ1n) is 10.2. The van der Waals surface area contributed by atoms with E-state index in [0.717, 1.165) is 34.0 Å². The molecule has 0 radical (unpaired) electrons. The molecule has 150 valence electrons. The summed E-state index contributed by atoms with van der Waals surface area (Å²) in [4.78, 5) is 25.3. The van der Waals surface area contributed by atoms with E-state index in [1.54, 1.807) is 12.1 Å². The van der Waals surface area contributed by atoms with Gasteiger partial charge in [0, 0.05) is 23.2 Å². The van der Waals surface area contributed by atoms with Crippen molar-refractivity contribution in [3.05, 3.63) is 82.9 Å². The van der Waals surface area contributed by atoms with Gasteiger partial charge < -0.3 is 10.4 Å². The highest BCUT2D eigenvalue weighted by Crippen LogP contribution is 2.52. The van der Waals surface area contributed by atoms with Crippen molar-refractivity contribution >= 4 is 33.8 Å². The summed E-state index contributed by atoms with van der Waals surface area (Å²) in [5, 5.41) is 15.5. The number of benzene rings is 3. The first kappa shape index (κ1) is 18.6. The lowest BCUT2D eigenvalue weighted by Gasteiger charge is -2.40. The van der Waals surface area contributed by atoms with Gasteiger partial charge in [0.05, 0.1) is 11.6 Å². The second-order valence-electron chi connectivity index (χ2n) is 9.01. The molecular weight excluding hydrogens is 374 g/mol. The normalized spacial score (nSPS) is 19.8. The number of carboxylic acid groups (broad SMARTS) is 1. The van der Waals surface area contributed by atoms with Crippen LogP contribution in [0.1, 0.15) is 54.2 Å². The summed E-state index contributed by atoms with van der Waals surface area (Å²) >= 11 is 0. The molecule has 1 atom stereocenters. The number of allylic oxidation sites excluding steroid dienone is 1. The topological polar surface area (TPSA) is 66.4 Å². The maximum Gasteiger partial charge on any atom is 0.336 e. The van der Waals surface area contributed by atoms with E-state index in [9.17, 15) is 14.7 Å². The first-order chi connectivity index (χ1) is 14.4. The number of carbonyl (C=O) groups is 2. The van der Waals surface area contributed by atoms with E-state index in [1.165, 1.54) is 0 Å². The lowest BCUT2D eigenvalue weighted by Crippen LogP contribution is -2.33. The number of anilines is 1. The molecule has 3 aromatic carbocycles. The number of carbonyl (C=O) groups excluding carboxylic acids is 1. The van der Waals surface area contributed by atoms with Gasteiger partial charge in [0.2, 0.25) is 0 Å². The van der Waals surface area contributed by atoms with E-state index in [1.807, 2.05) is 30.3 Å². The van der Waals surface area contributed by atoms with E-state index in [2.05, 4.69) is 37.4 Å². The Bertz CT molecular complexity index is 1250. The molecule has 1 aliphatic heterocycles. The number of nitrogens with one attached hydrogen (secondary N) is 1. The Kier molecular flexibility index (Phi) is 4.07. The fourth-order valence-corrected chi connectivity index (χ4v) is 5.01. The van der Waals surface area contributed by atoms with Gasteiger partial charge in [-0.2, -0.15) is 0 Å². The number of hydrogen-bond acceptors (Lipinski definition) is 3. The molecule has 5 rings (SSSR count). The standard InChI is InChI=1S/C26H23NO3/c1-26(2)13-19-22-16-8-4-3-7-15(16)11-12-20(22)27-24(23(19)21(28)14-26)17-9-5-6-10-18(17)25(29)30/h3-12,24,27H,13-14H2,1-2H3,(H,29,30). The van der Waals surface area contributed by atoms with Crippen LogP contribution in [0.5, 0.6) is 0 Å². The summed E-state index contributed by atoms with van der Waals surface area (Å²) in [5.74, 6) is -0.889. The minimum absolute atomic E-state index is 0.0949. The summed E-state index contributed by atoms with van der Waals surface area (Å²) < 4.78 is 0. The number of Topliss-reactive ketones (excluding diaryl/α,β-unsaturated/α-hetero) is 1. The minimum Gasteiger partial charge on any atom is -0.478 e. The predicted octanol–water partition coefficient (Wildman–Crippen LogP) is 5.85. The molecular formula is C26H23NO3. The molecule has 1 aliphatic carbocycles. The molecule has 4 nitrogen and oxygen atoms in total. The molecule has 3 aromatic rings. The van der Waals surface area contributed by atoms with Gasteiger partial charge in [-0.3, -0.25) is 4.79 Å². The Hall–Kier alpha value is -3.40. The maximum absolute atomic E-state index is 13.4. The van der Waals surface area contributed by atoms with Crippen molar-refractivity contribution < 1.29 is 14.7 Å². The maximum atomic E-state index is 13.4. The van der Waals surface area contributed by atoms with Crippen LogP contribution in [0.25, 0.3) is 16.3 Å². The predicted molar refractivity (Wildman–Crippen MR) is 119 cm³/mol. The molecule has 1 unspecified atom stereocenters. The quantitative estimate of drug-likeness (QED) is 0.569. The second kappa shape index (κ2) is 6.56. The van der Waals surface area contributed by atoms with E-state index in [4.69, 9.17) is 0 Å². The van der Waals surface area contributed by atoms with Crippen LogP contribution < -0.4 is 5.32 Å². The van der Waals surface area contributed by atoms with Crippen LogP contribution in [0.2, 0.25) is 0 Å². The van der Waals surface area contributed by atoms with Crippen LogP contribution in [-0.2, 0) is 4.79 Å². The van der Waals surface area contributed by atoms with Crippen LogP contribution in [0.4, 0.5) is 5.69 Å². The molecule has 0 saturated heterocycles. The van der Waals surface area contributed by atoms with Gasteiger partial charge in [-0.25, -0.2) is 4.79 Å². The van der Waals surface area contributed by atoms with Crippen molar-refractivity contribution in [2.45, 2.75) is 32.7 Å². The molecule has 0 amide bonds. The highest BCUT2D eigenvalue weighted by molar-refractivity contribution is 6.13. The van der Waals surface area contributed by atoms with E-state index >= 15 is 0 Å². The summed E-state index contributed by atoms with van der Waals surface area (Å²) in [6.45, 7) is 4.25. The summed E-state index contributed by atoms with van der Waals surface area (Å²) in [6, 6.07) is 18.8. The molecule has 0 fully saturated rings. The number of carboxylic acids is 1. The largest absolute Gasteiger partial charge is 0.478 e. The van der Waals surface area contributed by atoms with Gasteiger partial charge in [-0.1, -0.05) is 62.4 Å². The number of rotatable bonds is 2. The zero-order valence-corrected chi connectivity index (χ0v) is 17.0. The third kappa shape index (κ3) is 2.83. The van der Waals surface area contributed by atoms with E-state index in [0.29, 0.717) is 17.6 Å². The van der Waals surface area contributed by atoms with Crippen molar-refractivity contribution in [2.24, 2.45) is 5.41 Å². The average Bonchev–Trinajstić information content (AvgIpc) is 2.71. The summed E-state index contributed by atoms with van der Waals surface area (Å²) in [7, 11) is 0. The summed E-state index contributed by atoms with van der Waals surface area (Å²) in [6.07, 6.45) is 1.24. The molecule has 0 bridgehead atoms. The Morgan fingerprint density at radius 3 is 2.53 bits per heavy atom. The van der Waals surface area contributed by atoms with Gasteiger partial charge in [-0.15, -0.1) is 0 Å². The van der Waals surface area contributed by atoms with Gasteiger partial charge in [0.15, 0.2) is 5.78 Å².